The molecule has 0 unspecified atom stereocenters. The molecule has 0 radical (unpaired) electrons. The number of hydrogen-bond acceptors (Lipinski definition) is 4. The molecule has 0 aromatic carbocycles. The second kappa shape index (κ2) is 5.48. The molecule has 0 spiro atoms. The van der Waals surface area contributed by atoms with E-state index in [2.05, 4.69) is 6.58 Å². The fraction of sp³-hybridized carbons (Fsp3) is 0.727. The highest BCUT2D eigenvalue weighted by Gasteiger charge is 2.28. The quantitative estimate of drug-likeness (QED) is 0.544. The van der Waals surface area contributed by atoms with Crippen molar-refractivity contribution in [1.29, 1.82) is 0 Å². The molecular weight excluding hydrogens is 228 g/mol. The van der Waals surface area contributed by atoms with Crippen LogP contribution in [0.4, 0.5) is 0 Å². The van der Waals surface area contributed by atoms with Crippen LogP contribution in [-0.2, 0) is 19.4 Å². The van der Waals surface area contributed by atoms with Crippen molar-refractivity contribution in [2.45, 2.75) is 37.9 Å². The van der Waals surface area contributed by atoms with Gasteiger partial charge < -0.3 is 4.74 Å². The molecule has 92 valence electrons. The van der Waals surface area contributed by atoms with E-state index in [0.717, 1.165) is 25.7 Å². The maximum atomic E-state index is 11.8. The van der Waals surface area contributed by atoms with E-state index in [0.29, 0.717) is 5.57 Å². The minimum absolute atomic E-state index is 0.0650. The van der Waals surface area contributed by atoms with Crippen molar-refractivity contribution in [3.05, 3.63) is 12.2 Å². The van der Waals surface area contributed by atoms with Crippen LogP contribution >= 0.6 is 0 Å². The Balaban J connectivity index is 2.36. The van der Waals surface area contributed by atoms with E-state index in [9.17, 15) is 13.2 Å². The minimum Gasteiger partial charge on any atom is -0.461 e. The molecule has 16 heavy (non-hydrogen) atoms. The van der Waals surface area contributed by atoms with Crippen LogP contribution in [0, 0.1) is 0 Å². The molecule has 0 amide bonds. The van der Waals surface area contributed by atoms with Crippen LogP contribution in [0.3, 0.4) is 0 Å². The topological polar surface area (TPSA) is 60.4 Å². The summed E-state index contributed by atoms with van der Waals surface area (Å²) in [5, 5.41) is -0.226. The van der Waals surface area contributed by atoms with Gasteiger partial charge in [-0.1, -0.05) is 19.4 Å². The zero-order chi connectivity index (χ0) is 12.2. The fourth-order valence-corrected chi connectivity index (χ4v) is 3.49. The summed E-state index contributed by atoms with van der Waals surface area (Å²) in [4.78, 5) is 11.0. The van der Waals surface area contributed by atoms with Gasteiger partial charge in [0.2, 0.25) is 0 Å². The molecule has 0 aromatic heterocycles. The Kier molecular flexibility index (Phi) is 4.53. The molecule has 1 saturated carbocycles. The summed E-state index contributed by atoms with van der Waals surface area (Å²) in [7, 11) is -3.09. The Bertz CT molecular complexity index is 363. The van der Waals surface area contributed by atoms with Crippen molar-refractivity contribution >= 4 is 15.8 Å². The summed E-state index contributed by atoms with van der Waals surface area (Å²) in [6.07, 6.45) is 3.46. The van der Waals surface area contributed by atoms with E-state index in [1.165, 1.54) is 6.92 Å². The molecule has 0 bridgehead atoms. The fourth-order valence-electron chi connectivity index (χ4n) is 1.79. The molecule has 1 aliphatic carbocycles. The third-order valence-corrected chi connectivity index (χ3v) is 4.98. The molecule has 1 rings (SSSR count). The Hall–Kier alpha value is -0.840. The van der Waals surface area contributed by atoms with Gasteiger partial charge in [0.15, 0.2) is 9.84 Å². The summed E-state index contributed by atoms with van der Waals surface area (Å²) >= 11 is 0. The molecule has 0 saturated heterocycles. The predicted molar refractivity (Wildman–Crippen MR) is 61.8 cm³/mol. The van der Waals surface area contributed by atoms with E-state index in [-0.39, 0.29) is 17.6 Å². The molecule has 0 atom stereocenters. The molecular formula is C11H18O4S. The summed E-state index contributed by atoms with van der Waals surface area (Å²) in [6, 6.07) is 0. The Morgan fingerprint density at radius 2 is 1.94 bits per heavy atom. The molecule has 5 heteroatoms. The Morgan fingerprint density at radius 3 is 2.44 bits per heavy atom. The largest absolute Gasteiger partial charge is 0.461 e. The van der Waals surface area contributed by atoms with E-state index < -0.39 is 15.8 Å². The van der Waals surface area contributed by atoms with Crippen molar-refractivity contribution in [1.82, 2.24) is 0 Å². The maximum absolute atomic E-state index is 11.8. The van der Waals surface area contributed by atoms with E-state index >= 15 is 0 Å². The smallest absolute Gasteiger partial charge is 0.333 e. The van der Waals surface area contributed by atoms with Crippen LogP contribution in [-0.4, -0.2) is 32.0 Å². The molecule has 0 N–H and O–H groups in total. The zero-order valence-corrected chi connectivity index (χ0v) is 10.4. The third kappa shape index (κ3) is 3.63. The number of sulfone groups is 1. The SMILES string of the molecule is C=C(C)C(=O)OCCS(=O)(=O)C1CCCC1. The van der Waals surface area contributed by atoms with Gasteiger partial charge in [-0.15, -0.1) is 0 Å². The van der Waals surface area contributed by atoms with E-state index in [4.69, 9.17) is 4.74 Å². The van der Waals surface area contributed by atoms with Gasteiger partial charge in [0.25, 0.3) is 0 Å². The second-order valence-electron chi connectivity index (χ2n) is 4.19. The lowest BCUT2D eigenvalue weighted by Gasteiger charge is -2.10. The maximum Gasteiger partial charge on any atom is 0.333 e. The molecule has 1 aliphatic rings. The van der Waals surface area contributed by atoms with Crippen molar-refractivity contribution in [2.24, 2.45) is 0 Å². The van der Waals surface area contributed by atoms with Crippen LogP contribution in [0.15, 0.2) is 12.2 Å². The average Bonchev–Trinajstić information content (AvgIpc) is 2.70. The van der Waals surface area contributed by atoms with Crippen molar-refractivity contribution in [3.8, 4) is 0 Å². The lowest BCUT2D eigenvalue weighted by molar-refractivity contribution is -0.138. The number of carbonyl (C=O) groups is 1. The monoisotopic (exact) mass is 246 g/mol. The van der Waals surface area contributed by atoms with Crippen molar-refractivity contribution in [3.63, 3.8) is 0 Å². The second-order valence-corrected chi connectivity index (χ2v) is 6.59. The van der Waals surface area contributed by atoms with E-state index in [1.807, 2.05) is 0 Å². The first-order chi connectivity index (χ1) is 7.43. The molecule has 4 nitrogen and oxygen atoms in total. The Morgan fingerprint density at radius 1 is 1.38 bits per heavy atom. The first-order valence-electron chi connectivity index (χ1n) is 5.47. The van der Waals surface area contributed by atoms with Gasteiger partial charge in [-0.05, 0) is 19.8 Å². The number of rotatable bonds is 5. The van der Waals surface area contributed by atoms with Gasteiger partial charge in [0.05, 0.1) is 11.0 Å². The zero-order valence-electron chi connectivity index (χ0n) is 9.57. The predicted octanol–water partition coefficient (Wildman–Crippen LogP) is 1.46. The third-order valence-electron chi connectivity index (χ3n) is 2.76. The molecule has 0 aliphatic heterocycles. The van der Waals surface area contributed by atoms with Gasteiger partial charge in [-0.3, -0.25) is 0 Å². The summed E-state index contributed by atoms with van der Waals surface area (Å²) < 4.78 is 28.3. The van der Waals surface area contributed by atoms with Crippen LogP contribution in [0.1, 0.15) is 32.6 Å². The molecule has 0 aromatic rings. The van der Waals surface area contributed by atoms with Crippen molar-refractivity contribution < 1.29 is 17.9 Å². The minimum atomic E-state index is -3.09. The highest BCUT2D eigenvalue weighted by molar-refractivity contribution is 7.92. The van der Waals surface area contributed by atoms with Gasteiger partial charge in [0.1, 0.15) is 6.61 Å². The lowest BCUT2D eigenvalue weighted by Crippen LogP contribution is -2.24. The normalized spacial score (nSPS) is 17.3. The standard InChI is InChI=1S/C11H18O4S/c1-9(2)11(12)15-7-8-16(13,14)10-5-3-4-6-10/h10H,1,3-8H2,2H3. The molecule has 1 fully saturated rings. The van der Waals surface area contributed by atoms with E-state index in [1.54, 1.807) is 0 Å². The van der Waals surface area contributed by atoms with Gasteiger partial charge in [0, 0.05) is 5.57 Å². The first kappa shape index (κ1) is 13.2. The lowest BCUT2D eigenvalue weighted by atomic mass is 10.4. The van der Waals surface area contributed by atoms with Crippen LogP contribution in [0.25, 0.3) is 0 Å². The number of hydrogen-bond donors (Lipinski definition) is 0. The van der Waals surface area contributed by atoms with Gasteiger partial charge in [-0.25, -0.2) is 13.2 Å². The highest BCUT2D eigenvalue weighted by Crippen LogP contribution is 2.25. The van der Waals surface area contributed by atoms with Crippen LogP contribution < -0.4 is 0 Å². The van der Waals surface area contributed by atoms with Crippen molar-refractivity contribution in [2.75, 3.05) is 12.4 Å². The summed E-state index contributed by atoms with van der Waals surface area (Å²) in [6.45, 7) is 4.89. The van der Waals surface area contributed by atoms with Gasteiger partial charge in [-0.2, -0.15) is 0 Å². The Labute approximate surface area is 96.6 Å². The average molecular weight is 246 g/mol. The van der Waals surface area contributed by atoms with Crippen LogP contribution in [0.2, 0.25) is 0 Å². The summed E-state index contributed by atoms with van der Waals surface area (Å²) in [5.74, 6) is -0.599. The first-order valence-corrected chi connectivity index (χ1v) is 7.19. The highest BCUT2D eigenvalue weighted by atomic mass is 32.2. The number of ether oxygens (including phenoxy) is 1. The molecule has 0 heterocycles. The number of carbonyl (C=O) groups excluding carboxylic acids is 1. The van der Waals surface area contributed by atoms with Crippen LogP contribution in [0.5, 0.6) is 0 Å². The summed E-state index contributed by atoms with van der Waals surface area (Å²) in [5.41, 5.74) is 0.290. The van der Waals surface area contributed by atoms with Gasteiger partial charge >= 0.3 is 5.97 Å². The number of esters is 1.